The summed E-state index contributed by atoms with van der Waals surface area (Å²) in [5, 5.41) is 1.22. The lowest BCUT2D eigenvalue weighted by atomic mass is 10.1. The minimum atomic E-state index is -3.27. The summed E-state index contributed by atoms with van der Waals surface area (Å²) >= 11 is 0. The fourth-order valence-corrected chi connectivity index (χ4v) is 3.30. The molecule has 1 unspecified atom stereocenters. The van der Waals surface area contributed by atoms with Gasteiger partial charge in [-0.25, -0.2) is 5.06 Å². The number of rotatable bonds is 10. The van der Waals surface area contributed by atoms with Crippen molar-refractivity contribution >= 4 is 13.5 Å². The molecule has 0 spiro atoms. The summed E-state index contributed by atoms with van der Waals surface area (Å²) in [6, 6.07) is 9.59. The zero-order chi connectivity index (χ0) is 18.0. The standard InChI is InChI=1S/C17H26NO5P/c1-5-21-24(20,22-6-2)14-10-13-18(16(4)19)23-15(3)17-11-8-7-9-12-17/h7-12,14-15H,5-6,13H2,1-4H3/b14-10+. The van der Waals surface area contributed by atoms with E-state index in [0.29, 0.717) is 0 Å². The van der Waals surface area contributed by atoms with Gasteiger partial charge in [-0.15, -0.1) is 0 Å². The molecule has 0 fully saturated rings. The van der Waals surface area contributed by atoms with Crippen LogP contribution in [0.2, 0.25) is 0 Å². The molecule has 0 aromatic heterocycles. The molecule has 0 radical (unpaired) electrons. The summed E-state index contributed by atoms with van der Waals surface area (Å²) in [5.41, 5.74) is 0.960. The van der Waals surface area contributed by atoms with Gasteiger partial charge in [0.15, 0.2) is 0 Å². The first kappa shape index (κ1) is 20.6. The van der Waals surface area contributed by atoms with Crippen LogP contribution in [0.15, 0.2) is 42.2 Å². The third-order valence-electron chi connectivity index (χ3n) is 3.08. The van der Waals surface area contributed by atoms with Gasteiger partial charge in [0.25, 0.3) is 0 Å². The second-order valence-electron chi connectivity index (χ2n) is 5.00. The van der Waals surface area contributed by atoms with E-state index in [2.05, 4.69) is 0 Å². The van der Waals surface area contributed by atoms with Gasteiger partial charge in [0.05, 0.1) is 19.8 Å². The highest BCUT2D eigenvalue weighted by Gasteiger charge is 2.20. The number of benzene rings is 1. The molecule has 0 aliphatic rings. The van der Waals surface area contributed by atoms with Crippen molar-refractivity contribution in [2.75, 3.05) is 19.8 Å². The Bertz CT molecular complexity index is 566. The van der Waals surface area contributed by atoms with E-state index >= 15 is 0 Å². The molecule has 0 saturated heterocycles. The number of carbonyl (C=O) groups is 1. The molecule has 0 aliphatic carbocycles. The van der Waals surface area contributed by atoms with Gasteiger partial charge < -0.3 is 9.05 Å². The van der Waals surface area contributed by atoms with E-state index in [0.717, 1.165) is 5.56 Å². The monoisotopic (exact) mass is 355 g/mol. The van der Waals surface area contributed by atoms with Crippen molar-refractivity contribution in [2.24, 2.45) is 0 Å². The van der Waals surface area contributed by atoms with Gasteiger partial charge >= 0.3 is 7.60 Å². The van der Waals surface area contributed by atoms with E-state index in [1.165, 1.54) is 17.8 Å². The van der Waals surface area contributed by atoms with Gasteiger partial charge in [-0.2, -0.15) is 0 Å². The third-order valence-corrected chi connectivity index (χ3v) is 4.90. The summed E-state index contributed by atoms with van der Waals surface area (Å²) in [4.78, 5) is 17.4. The predicted octanol–water partition coefficient (Wildman–Crippen LogP) is 4.31. The minimum absolute atomic E-state index is 0.149. The molecule has 7 heteroatoms. The molecule has 1 atom stereocenters. The lowest BCUT2D eigenvalue weighted by Gasteiger charge is -2.23. The number of carbonyl (C=O) groups excluding carboxylic acids is 1. The van der Waals surface area contributed by atoms with Gasteiger partial charge in [-0.3, -0.25) is 14.2 Å². The zero-order valence-electron chi connectivity index (χ0n) is 14.7. The SMILES string of the molecule is CCOP(=O)(/C=C/CN(OC(C)c1ccccc1)C(C)=O)OCC. The summed E-state index contributed by atoms with van der Waals surface area (Å²) in [6.07, 6.45) is 1.28. The molecule has 6 nitrogen and oxygen atoms in total. The Labute approximate surface area is 143 Å². The predicted molar refractivity (Wildman–Crippen MR) is 93.3 cm³/mol. The first-order chi connectivity index (χ1) is 11.4. The average Bonchev–Trinajstić information content (AvgIpc) is 2.55. The van der Waals surface area contributed by atoms with Crippen molar-refractivity contribution in [1.82, 2.24) is 5.06 Å². The molecule has 1 aromatic carbocycles. The van der Waals surface area contributed by atoms with E-state index in [-0.39, 0.29) is 31.8 Å². The lowest BCUT2D eigenvalue weighted by molar-refractivity contribution is -0.199. The largest absolute Gasteiger partial charge is 0.353 e. The molecular weight excluding hydrogens is 329 g/mol. The van der Waals surface area contributed by atoms with Gasteiger partial charge in [-0.05, 0) is 26.3 Å². The highest BCUT2D eigenvalue weighted by Crippen LogP contribution is 2.49. The second-order valence-corrected chi connectivity index (χ2v) is 6.89. The zero-order valence-corrected chi connectivity index (χ0v) is 15.6. The van der Waals surface area contributed by atoms with Crippen molar-refractivity contribution in [2.45, 2.75) is 33.8 Å². The van der Waals surface area contributed by atoms with E-state index in [1.807, 2.05) is 37.3 Å². The van der Waals surface area contributed by atoms with Crippen LogP contribution < -0.4 is 0 Å². The summed E-state index contributed by atoms with van der Waals surface area (Å²) < 4.78 is 22.7. The number of hydroxylamine groups is 2. The van der Waals surface area contributed by atoms with Crippen LogP contribution >= 0.6 is 7.60 Å². The van der Waals surface area contributed by atoms with Crippen LogP contribution in [0.3, 0.4) is 0 Å². The maximum absolute atomic E-state index is 12.3. The first-order valence-electron chi connectivity index (χ1n) is 7.98. The quantitative estimate of drug-likeness (QED) is 0.462. The van der Waals surface area contributed by atoms with Crippen LogP contribution in [0, 0.1) is 0 Å². The molecule has 0 saturated carbocycles. The fraction of sp³-hybridized carbons (Fsp3) is 0.471. The van der Waals surface area contributed by atoms with Crippen LogP contribution in [0.5, 0.6) is 0 Å². The maximum Gasteiger partial charge on any atom is 0.353 e. The van der Waals surface area contributed by atoms with E-state index in [9.17, 15) is 9.36 Å². The summed E-state index contributed by atoms with van der Waals surface area (Å²) in [6.45, 7) is 7.46. The number of hydrogen-bond donors (Lipinski definition) is 0. The Hall–Kier alpha value is -1.46. The fourth-order valence-electron chi connectivity index (χ4n) is 1.98. The Morgan fingerprint density at radius 1 is 1.21 bits per heavy atom. The van der Waals surface area contributed by atoms with Gasteiger partial charge in [0.2, 0.25) is 5.91 Å². The Morgan fingerprint density at radius 3 is 2.29 bits per heavy atom. The molecule has 24 heavy (non-hydrogen) atoms. The topological polar surface area (TPSA) is 65.1 Å². The molecule has 134 valence electrons. The molecule has 0 heterocycles. The van der Waals surface area contributed by atoms with Gasteiger partial charge in [0, 0.05) is 12.7 Å². The van der Waals surface area contributed by atoms with Gasteiger partial charge in [-0.1, -0.05) is 36.4 Å². The molecule has 0 N–H and O–H groups in total. The van der Waals surface area contributed by atoms with Crippen LogP contribution in [0.4, 0.5) is 0 Å². The Kier molecular flexibility index (Phi) is 8.93. The third kappa shape index (κ3) is 6.97. The molecule has 0 bridgehead atoms. The molecule has 0 aliphatic heterocycles. The second kappa shape index (κ2) is 10.4. The number of hydrogen-bond acceptors (Lipinski definition) is 5. The highest BCUT2D eigenvalue weighted by atomic mass is 31.2. The normalized spacial score (nSPS) is 13.2. The Morgan fingerprint density at radius 2 is 1.79 bits per heavy atom. The highest BCUT2D eigenvalue weighted by molar-refractivity contribution is 7.57. The van der Waals surface area contributed by atoms with E-state index in [1.54, 1.807) is 19.9 Å². The summed E-state index contributed by atoms with van der Waals surface area (Å²) in [5.74, 6) is 1.12. The lowest BCUT2D eigenvalue weighted by Crippen LogP contribution is -2.30. The van der Waals surface area contributed by atoms with Crippen LogP contribution in [0.1, 0.15) is 39.4 Å². The van der Waals surface area contributed by atoms with Crippen molar-refractivity contribution in [3.63, 3.8) is 0 Å². The van der Waals surface area contributed by atoms with E-state index in [4.69, 9.17) is 13.9 Å². The van der Waals surface area contributed by atoms with Crippen LogP contribution in [0.25, 0.3) is 0 Å². The van der Waals surface area contributed by atoms with Gasteiger partial charge in [0.1, 0.15) is 6.10 Å². The van der Waals surface area contributed by atoms with Crippen molar-refractivity contribution in [3.8, 4) is 0 Å². The molecule has 1 rings (SSSR count). The maximum atomic E-state index is 12.3. The smallest absolute Gasteiger partial charge is 0.306 e. The first-order valence-corrected chi connectivity index (χ1v) is 9.59. The molecule has 1 amide bonds. The Balaban J connectivity index is 2.71. The number of amides is 1. The van der Waals surface area contributed by atoms with Crippen molar-refractivity contribution in [3.05, 3.63) is 47.8 Å². The average molecular weight is 355 g/mol. The summed E-state index contributed by atoms with van der Waals surface area (Å²) in [7, 11) is -3.27. The van der Waals surface area contributed by atoms with Crippen molar-refractivity contribution in [1.29, 1.82) is 0 Å². The van der Waals surface area contributed by atoms with Crippen LogP contribution in [-0.2, 0) is 23.2 Å². The van der Waals surface area contributed by atoms with E-state index < -0.39 is 7.60 Å². The molecular formula is C17H26NO5P. The minimum Gasteiger partial charge on any atom is -0.306 e. The molecule has 1 aromatic rings. The van der Waals surface area contributed by atoms with Crippen molar-refractivity contribution < 1.29 is 23.2 Å². The number of nitrogens with zero attached hydrogens (tertiary/aromatic N) is 1. The van der Waals surface area contributed by atoms with Crippen LogP contribution in [-0.4, -0.2) is 30.7 Å².